The molecule has 4 rings (SSSR count). The van der Waals surface area contributed by atoms with Gasteiger partial charge in [-0.05, 0) is 37.0 Å². The van der Waals surface area contributed by atoms with Gasteiger partial charge in [0.1, 0.15) is 11.4 Å². The van der Waals surface area contributed by atoms with Gasteiger partial charge in [-0.25, -0.2) is 0 Å². The van der Waals surface area contributed by atoms with Gasteiger partial charge in [0.15, 0.2) is 0 Å². The molecule has 1 amide bonds. The first-order valence-corrected chi connectivity index (χ1v) is 9.39. The molecule has 2 aliphatic heterocycles. The van der Waals surface area contributed by atoms with Crippen LogP contribution in [0.4, 0.5) is 0 Å². The number of rotatable bonds is 4. The molecule has 1 atom stereocenters. The Morgan fingerprint density at radius 2 is 2.08 bits per heavy atom. The summed E-state index contributed by atoms with van der Waals surface area (Å²) in [5.74, 6) is 1.27. The normalized spacial score (nSPS) is 21.8. The molecule has 0 aliphatic carbocycles. The molecule has 0 saturated carbocycles. The number of para-hydroxylation sites is 1. The van der Waals surface area contributed by atoms with Gasteiger partial charge in [0, 0.05) is 44.6 Å². The zero-order valence-corrected chi connectivity index (χ0v) is 15.2. The van der Waals surface area contributed by atoms with Gasteiger partial charge < -0.3 is 14.5 Å². The topological polar surface area (TPSA) is 54.7 Å². The molecule has 0 bridgehead atoms. The van der Waals surface area contributed by atoms with E-state index in [0.29, 0.717) is 6.42 Å². The van der Waals surface area contributed by atoms with Crippen LogP contribution in [-0.4, -0.2) is 36.5 Å². The minimum atomic E-state index is -0.153. The second kappa shape index (κ2) is 7.16. The number of amides is 1. The Bertz CT molecular complexity index is 748. The molecule has 1 aromatic carbocycles. The van der Waals surface area contributed by atoms with Crippen LogP contribution in [0.2, 0.25) is 0 Å². The summed E-state index contributed by atoms with van der Waals surface area (Å²) < 4.78 is 11.7. The number of nitrogens with one attached hydrogen (secondary N) is 1. The molecule has 0 unspecified atom stereocenters. The molecule has 1 fully saturated rings. The molecule has 2 aliphatic rings. The summed E-state index contributed by atoms with van der Waals surface area (Å²) in [7, 11) is 1.71. The summed E-state index contributed by atoms with van der Waals surface area (Å²) in [5.41, 5.74) is 2.23. The van der Waals surface area contributed by atoms with Crippen molar-refractivity contribution in [1.29, 1.82) is 0 Å². The first-order chi connectivity index (χ1) is 12.7. The van der Waals surface area contributed by atoms with E-state index in [1.165, 1.54) is 11.1 Å². The number of piperidine rings is 1. The Morgan fingerprint density at radius 3 is 2.81 bits per heavy atom. The standard InChI is InChI=1S/C21H26N2O3/c1-22-20(24)12-17-13-21(26-19-5-3-2-4-18(17)19)7-9-23(10-8-21)14-16-6-11-25-15-16/h2-6,11,15,17H,7-10,12-14H2,1H3,(H,22,24)/t17-/m0/s1. The van der Waals surface area contributed by atoms with Crippen LogP contribution in [0.5, 0.6) is 5.75 Å². The molecule has 1 spiro atoms. The van der Waals surface area contributed by atoms with E-state index in [1.807, 2.05) is 30.5 Å². The molecule has 26 heavy (non-hydrogen) atoms. The fourth-order valence-corrected chi connectivity index (χ4v) is 4.32. The first kappa shape index (κ1) is 17.2. The number of carbonyl (C=O) groups excluding carboxylic acids is 1. The lowest BCUT2D eigenvalue weighted by atomic mass is 9.76. The van der Waals surface area contributed by atoms with E-state index in [2.05, 4.69) is 16.3 Å². The fourth-order valence-electron chi connectivity index (χ4n) is 4.32. The van der Waals surface area contributed by atoms with Crippen LogP contribution in [0.15, 0.2) is 47.3 Å². The summed E-state index contributed by atoms with van der Waals surface area (Å²) in [4.78, 5) is 14.5. The van der Waals surface area contributed by atoms with Crippen LogP contribution in [0.1, 0.15) is 42.7 Å². The second-order valence-electron chi connectivity index (χ2n) is 7.51. The number of hydrogen-bond donors (Lipinski definition) is 1. The number of hydrogen-bond acceptors (Lipinski definition) is 4. The van der Waals surface area contributed by atoms with Crippen LogP contribution in [0.3, 0.4) is 0 Å². The van der Waals surface area contributed by atoms with E-state index < -0.39 is 0 Å². The highest BCUT2D eigenvalue weighted by Crippen LogP contribution is 2.46. The van der Waals surface area contributed by atoms with Gasteiger partial charge in [0.25, 0.3) is 0 Å². The highest BCUT2D eigenvalue weighted by Gasteiger charge is 2.43. The smallest absolute Gasteiger partial charge is 0.220 e. The predicted octanol–water partition coefficient (Wildman–Crippen LogP) is 3.32. The van der Waals surface area contributed by atoms with Crippen molar-refractivity contribution in [2.75, 3.05) is 20.1 Å². The molecular formula is C21H26N2O3. The number of nitrogens with zero attached hydrogens (tertiary/aromatic N) is 1. The lowest BCUT2D eigenvalue weighted by Gasteiger charge is -2.47. The average Bonchev–Trinajstić information content (AvgIpc) is 3.17. The quantitative estimate of drug-likeness (QED) is 0.915. The van der Waals surface area contributed by atoms with Crippen LogP contribution in [-0.2, 0) is 11.3 Å². The highest BCUT2D eigenvalue weighted by atomic mass is 16.5. The number of benzene rings is 1. The molecule has 3 heterocycles. The number of fused-ring (bicyclic) bond motifs is 1. The van der Waals surface area contributed by atoms with Gasteiger partial charge in [0.05, 0.1) is 12.5 Å². The van der Waals surface area contributed by atoms with Crippen molar-refractivity contribution in [2.24, 2.45) is 0 Å². The molecule has 5 nitrogen and oxygen atoms in total. The van der Waals surface area contributed by atoms with Crippen molar-refractivity contribution in [3.8, 4) is 5.75 Å². The molecule has 138 valence electrons. The molecule has 2 aromatic rings. The van der Waals surface area contributed by atoms with Gasteiger partial charge in [-0.3, -0.25) is 9.69 Å². The minimum absolute atomic E-state index is 0.0965. The van der Waals surface area contributed by atoms with Crippen molar-refractivity contribution in [1.82, 2.24) is 10.2 Å². The summed E-state index contributed by atoms with van der Waals surface area (Å²) in [6, 6.07) is 10.2. The average molecular weight is 354 g/mol. The van der Waals surface area contributed by atoms with Crippen LogP contribution < -0.4 is 10.1 Å². The van der Waals surface area contributed by atoms with Crippen molar-refractivity contribution in [3.05, 3.63) is 54.0 Å². The first-order valence-electron chi connectivity index (χ1n) is 9.39. The maximum atomic E-state index is 12.0. The SMILES string of the molecule is CNC(=O)C[C@H]1CC2(CCN(Cc3ccoc3)CC2)Oc2ccccc21. The van der Waals surface area contributed by atoms with E-state index >= 15 is 0 Å². The summed E-state index contributed by atoms with van der Waals surface area (Å²) in [6.45, 7) is 2.92. The predicted molar refractivity (Wildman–Crippen MR) is 99.1 cm³/mol. The van der Waals surface area contributed by atoms with Crippen LogP contribution in [0.25, 0.3) is 0 Å². The Labute approximate surface area is 154 Å². The van der Waals surface area contributed by atoms with Crippen LogP contribution in [0, 0.1) is 0 Å². The van der Waals surface area contributed by atoms with Crippen molar-refractivity contribution < 1.29 is 13.9 Å². The molecule has 1 saturated heterocycles. The number of carbonyl (C=O) groups is 1. The van der Waals surface area contributed by atoms with Crippen molar-refractivity contribution in [3.63, 3.8) is 0 Å². The number of likely N-dealkylation sites (tertiary alicyclic amines) is 1. The number of ether oxygens (including phenoxy) is 1. The highest BCUT2D eigenvalue weighted by molar-refractivity contribution is 5.76. The van der Waals surface area contributed by atoms with Gasteiger partial charge in [-0.1, -0.05) is 18.2 Å². The Kier molecular flexibility index (Phi) is 4.72. The fraction of sp³-hybridized carbons (Fsp3) is 0.476. The van der Waals surface area contributed by atoms with E-state index in [4.69, 9.17) is 9.15 Å². The summed E-state index contributed by atoms with van der Waals surface area (Å²) in [6.07, 6.45) is 6.96. The molecular weight excluding hydrogens is 328 g/mol. The van der Waals surface area contributed by atoms with E-state index in [9.17, 15) is 4.79 Å². The van der Waals surface area contributed by atoms with E-state index in [0.717, 1.165) is 44.6 Å². The van der Waals surface area contributed by atoms with E-state index in [-0.39, 0.29) is 17.4 Å². The van der Waals surface area contributed by atoms with Crippen molar-refractivity contribution >= 4 is 5.91 Å². The summed E-state index contributed by atoms with van der Waals surface area (Å²) >= 11 is 0. The van der Waals surface area contributed by atoms with Crippen LogP contribution >= 0.6 is 0 Å². The van der Waals surface area contributed by atoms with Crippen molar-refractivity contribution in [2.45, 2.75) is 43.7 Å². The Morgan fingerprint density at radius 1 is 1.27 bits per heavy atom. The summed E-state index contributed by atoms with van der Waals surface area (Å²) in [5, 5.41) is 2.77. The monoisotopic (exact) mass is 354 g/mol. The molecule has 1 N–H and O–H groups in total. The van der Waals surface area contributed by atoms with Gasteiger partial charge in [-0.2, -0.15) is 0 Å². The lowest BCUT2D eigenvalue weighted by molar-refractivity contribution is -0.121. The lowest BCUT2D eigenvalue weighted by Crippen LogP contribution is -2.50. The zero-order valence-electron chi connectivity index (χ0n) is 15.2. The second-order valence-corrected chi connectivity index (χ2v) is 7.51. The maximum absolute atomic E-state index is 12.0. The minimum Gasteiger partial charge on any atom is -0.487 e. The van der Waals surface area contributed by atoms with Gasteiger partial charge in [-0.15, -0.1) is 0 Å². The third-order valence-corrected chi connectivity index (χ3v) is 5.77. The third kappa shape index (κ3) is 3.49. The van der Waals surface area contributed by atoms with Gasteiger partial charge in [0.2, 0.25) is 5.91 Å². The zero-order chi connectivity index (χ0) is 18.0. The Hall–Kier alpha value is -2.27. The third-order valence-electron chi connectivity index (χ3n) is 5.77. The molecule has 5 heteroatoms. The molecule has 0 radical (unpaired) electrons. The van der Waals surface area contributed by atoms with E-state index in [1.54, 1.807) is 13.3 Å². The maximum Gasteiger partial charge on any atom is 0.220 e. The molecule has 1 aromatic heterocycles. The Balaban J connectivity index is 1.48. The number of furan rings is 1. The largest absolute Gasteiger partial charge is 0.487 e. The van der Waals surface area contributed by atoms with Gasteiger partial charge >= 0.3 is 0 Å².